The molecule has 6 heteroatoms. The molecule has 0 aliphatic carbocycles. The Hall–Kier alpha value is -2.89. The second kappa shape index (κ2) is 71.6. The number of carbonyl (C=O) groups is 3. The van der Waals surface area contributed by atoms with E-state index >= 15 is 0 Å². The first kappa shape index (κ1) is 80.1. The lowest BCUT2D eigenvalue weighted by Gasteiger charge is -2.18. The van der Waals surface area contributed by atoms with Gasteiger partial charge in [-0.1, -0.05) is 351 Å². The highest BCUT2D eigenvalue weighted by Crippen LogP contribution is 2.19. The predicted molar refractivity (Wildman–Crippen MR) is 362 cm³/mol. The van der Waals surface area contributed by atoms with Crippen LogP contribution in [-0.2, 0) is 28.6 Å². The summed E-state index contributed by atoms with van der Waals surface area (Å²) in [6, 6.07) is 0. The summed E-state index contributed by atoms with van der Waals surface area (Å²) < 4.78 is 17.0. The van der Waals surface area contributed by atoms with Gasteiger partial charge in [0.15, 0.2) is 6.10 Å². The zero-order valence-electron chi connectivity index (χ0n) is 55.7. The number of ether oxygens (including phenoxy) is 3. The quantitative estimate of drug-likeness (QED) is 0.0261. The largest absolute Gasteiger partial charge is 0.462 e. The fourth-order valence-corrected chi connectivity index (χ4v) is 11.0. The van der Waals surface area contributed by atoms with Crippen molar-refractivity contribution in [3.05, 3.63) is 60.8 Å². The lowest BCUT2D eigenvalue weighted by atomic mass is 10.0. The molecule has 0 aliphatic heterocycles. The maximum atomic E-state index is 12.9. The summed E-state index contributed by atoms with van der Waals surface area (Å²) in [5.74, 6) is -0.850. The highest BCUT2D eigenvalue weighted by molar-refractivity contribution is 5.71. The SMILES string of the molecule is CC/C=C\C/C=C\C/C=C\C/C=C\CCCCCCCCCCCCCCC(=O)OC(COC(=O)CCCCCCCCCCC)COC(=O)CCCCCCCCCCCCCCCCCCCCC/C=C\CCCCCCCCCC. The van der Waals surface area contributed by atoms with Gasteiger partial charge < -0.3 is 14.2 Å². The van der Waals surface area contributed by atoms with Crippen molar-refractivity contribution in [2.45, 2.75) is 399 Å². The molecule has 0 amide bonds. The Morgan fingerprint density at radius 2 is 0.470 bits per heavy atom. The number of carbonyl (C=O) groups excluding carboxylic acids is 3. The van der Waals surface area contributed by atoms with Crippen molar-refractivity contribution in [3.63, 3.8) is 0 Å². The molecule has 0 fully saturated rings. The molecule has 0 bridgehead atoms. The smallest absolute Gasteiger partial charge is 0.306 e. The van der Waals surface area contributed by atoms with Crippen molar-refractivity contribution >= 4 is 17.9 Å². The Labute approximate surface area is 517 Å². The van der Waals surface area contributed by atoms with Crippen molar-refractivity contribution in [3.8, 4) is 0 Å². The molecule has 0 N–H and O–H groups in total. The van der Waals surface area contributed by atoms with Gasteiger partial charge in [-0.15, -0.1) is 0 Å². The Morgan fingerprint density at radius 1 is 0.253 bits per heavy atom. The minimum Gasteiger partial charge on any atom is -0.462 e. The highest BCUT2D eigenvalue weighted by atomic mass is 16.6. The van der Waals surface area contributed by atoms with Crippen LogP contribution in [0.3, 0.4) is 0 Å². The van der Waals surface area contributed by atoms with E-state index in [0.717, 1.165) is 83.5 Å². The molecular weight excluding hydrogens is 1020 g/mol. The summed E-state index contributed by atoms with van der Waals surface area (Å²) in [6.07, 6.45) is 92.8. The summed E-state index contributed by atoms with van der Waals surface area (Å²) in [7, 11) is 0. The minimum absolute atomic E-state index is 0.0695. The van der Waals surface area contributed by atoms with Crippen LogP contribution in [0.25, 0.3) is 0 Å². The molecule has 83 heavy (non-hydrogen) atoms. The van der Waals surface area contributed by atoms with E-state index in [2.05, 4.69) is 81.5 Å². The lowest BCUT2D eigenvalue weighted by molar-refractivity contribution is -0.167. The Kier molecular flexibility index (Phi) is 69.1. The first-order chi connectivity index (χ1) is 41.0. The molecule has 0 aromatic heterocycles. The van der Waals surface area contributed by atoms with E-state index in [1.165, 1.54) is 270 Å². The fourth-order valence-electron chi connectivity index (χ4n) is 11.0. The number of hydrogen-bond acceptors (Lipinski definition) is 6. The number of allylic oxidation sites excluding steroid dienone is 10. The van der Waals surface area contributed by atoms with Gasteiger partial charge >= 0.3 is 17.9 Å². The van der Waals surface area contributed by atoms with Crippen LogP contribution in [0.1, 0.15) is 393 Å². The molecular formula is C77H140O6. The van der Waals surface area contributed by atoms with Crippen LogP contribution in [0.2, 0.25) is 0 Å². The van der Waals surface area contributed by atoms with E-state index < -0.39 is 6.10 Å². The van der Waals surface area contributed by atoms with Crippen LogP contribution in [0.5, 0.6) is 0 Å². The number of unbranched alkanes of at least 4 members (excludes halogenated alkanes) is 47. The minimum atomic E-state index is -0.772. The maximum absolute atomic E-state index is 12.9. The zero-order valence-corrected chi connectivity index (χ0v) is 55.7. The van der Waals surface area contributed by atoms with Crippen LogP contribution in [0, 0.1) is 0 Å². The van der Waals surface area contributed by atoms with Gasteiger partial charge in [-0.25, -0.2) is 0 Å². The fraction of sp³-hybridized carbons (Fsp3) is 0.831. The number of rotatable bonds is 68. The van der Waals surface area contributed by atoms with Crippen LogP contribution >= 0.6 is 0 Å². The van der Waals surface area contributed by atoms with Gasteiger partial charge in [0, 0.05) is 19.3 Å². The summed E-state index contributed by atoms with van der Waals surface area (Å²) in [5, 5.41) is 0. The van der Waals surface area contributed by atoms with Crippen LogP contribution in [0.4, 0.5) is 0 Å². The molecule has 0 radical (unpaired) electrons. The zero-order chi connectivity index (χ0) is 59.9. The normalized spacial score (nSPS) is 12.4. The third-order valence-corrected chi connectivity index (χ3v) is 16.5. The summed E-state index contributed by atoms with van der Waals surface area (Å²) >= 11 is 0. The van der Waals surface area contributed by atoms with Crippen LogP contribution in [-0.4, -0.2) is 37.2 Å². The molecule has 0 saturated carbocycles. The molecule has 0 saturated heterocycles. The number of esters is 3. The average Bonchev–Trinajstić information content (AvgIpc) is 3.49. The van der Waals surface area contributed by atoms with Crippen molar-refractivity contribution < 1.29 is 28.6 Å². The van der Waals surface area contributed by atoms with E-state index in [4.69, 9.17) is 14.2 Å². The van der Waals surface area contributed by atoms with Gasteiger partial charge in [0.1, 0.15) is 13.2 Å². The molecule has 0 heterocycles. The molecule has 0 rings (SSSR count). The van der Waals surface area contributed by atoms with Crippen molar-refractivity contribution in [1.29, 1.82) is 0 Å². The van der Waals surface area contributed by atoms with E-state index in [9.17, 15) is 14.4 Å². The van der Waals surface area contributed by atoms with Gasteiger partial charge in [0.2, 0.25) is 0 Å². The standard InChI is InChI=1S/C77H140O6/c1-4-7-10-13-16-19-21-23-25-27-29-31-33-35-36-37-38-39-40-42-43-45-47-49-51-53-55-58-61-64-67-70-76(79)82-73-74(72-81-75(78)69-66-63-60-57-18-15-12-9-6-3)83-77(80)71-68-65-62-59-56-54-52-50-48-46-44-41-34-32-30-28-26-24-22-20-17-14-11-8-5-2/h8,11,17,20,24,26-27,29-30,32,74H,4-7,9-10,12-16,18-19,21-23,25,28,31,33-73H2,1-3H3/b11-8-,20-17-,26-24-,29-27-,32-30-. The van der Waals surface area contributed by atoms with E-state index in [0.29, 0.717) is 19.3 Å². The first-order valence-corrected chi connectivity index (χ1v) is 36.8. The van der Waals surface area contributed by atoms with Crippen LogP contribution in [0.15, 0.2) is 60.8 Å². The molecule has 1 unspecified atom stereocenters. The molecule has 0 aliphatic rings. The summed E-state index contributed by atoms with van der Waals surface area (Å²) in [4.78, 5) is 38.3. The molecule has 0 spiro atoms. The van der Waals surface area contributed by atoms with E-state index in [-0.39, 0.29) is 31.1 Å². The lowest BCUT2D eigenvalue weighted by Crippen LogP contribution is -2.30. The third-order valence-electron chi connectivity index (χ3n) is 16.5. The highest BCUT2D eigenvalue weighted by Gasteiger charge is 2.19. The molecule has 0 aromatic rings. The summed E-state index contributed by atoms with van der Waals surface area (Å²) in [5.41, 5.74) is 0. The van der Waals surface area contributed by atoms with Gasteiger partial charge in [-0.3, -0.25) is 14.4 Å². The number of hydrogen-bond donors (Lipinski definition) is 0. The van der Waals surface area contributed by atoms with Crippen molar-refractivity contribution in [1.82, 2.24) is 0 Å². The second-order valence-electron chi connectivity index (χ2n) is 24.8. The van der Waals surface area contributed by atoms with Gasteiger partial charge in [-0.05, 0) is 83.5 Å². The maximum Gasteiger partial charge on any atom is 0.306 e. The molecule has 6 nitrogen and oxygen atoms in total. The molecule has 484 valence electrons. The predicted octanol–water partition coefficient (Wildman–Crippen LogP) is 25.5. The van der Waals surface area contributed by atoms with Crippen molar-refractivity contribution in [2.24, 2.45) is 0 Å². The van der Waals surface area contributed by atoms with Gasteiger partial charge in [0.25, 0.3) is 0 Å². The molecule has 0 aromatic carbocycles. The topological polar surface area (TPSA) is 78.9 Å². The Balaban J connectivity index is 4.08. The summed E-state index contributed by atoms with van der Waals surface area (Å²) in [6.45, 7) is 6.57. The van der Waals surface area contributed by atoms with E-state index in [1.54, 1.807) is 0 Å². The first-order valence-electron chi connectivity index (χ1n) is 36.8. The van der Waals surface area contributed by atoms with Crippen LogP contribution < -0.4 is 0 Å². The second-order valence-corrected chi connectivity index (χ2v) is 24.8. The van der Waals surface area contributed by atoms with E-state index in [1.807, 2.05) is 0 Å². The Morgan fingerprint density at radius 3 is 0.747 bits per heavy atom. The molecule has 1 atom stereocenters. The average molecular weight is 1160 g/mol. The third kappa shape index (κ3) is 69.8. The van der Waals surface area contributed by atoms with Gasteiger partial charge in [0.05, 0.1) is 0 Å². The van der Waals surface area contributed by atoms with Gasteiger partial charge in [-0.2, -0.15) is 0 Å². The Bertz CT molecular complexity index is 1470. The van der Waals surface area contributed by atoms with Crippen molar-refractivity contribution in [2.75, 3.05) is 13.2 Å². The monoisotopic (exact) mass is 1160 g/mol.